The second-order valence-electron chi connectivity index (χ2n) is 7.54. The number of nitrogens with zero attached hydrogens (tertiary/aromatic N) is 3. The van der Waals surface area contributed by atoms with Crippen LogP contribution in [0.25, 0.3) is 11.3 Å². The number of phenolic OH excluding ortho intramolecular Hbond substituents is 1. The Bertz CT molecular complexity index is 893. The molecular weight excluding hydrogens is 356 g/mol. The number of piperidine rings is 1. The number of fused-ring (bicyclic) bond motifs is 1. The number of benzene rings is 1. The number of aromatic hydroxyl groups is 1. The average molecular weight is 382 g/mol. The summed E-state index contributed by atoms with van der Waals surface area (Å²) in [4.78, 5) is 23.8. The summed E-state index contributed by atoms with van der Waals surface area (Å²) in [5.74, 6) is 0.627. The molecule has 7 nitrogen and oxygen atoms in total. The van der Waals surface area contributed by atoms with Gasteiger partial charge in [0, 0.05) is 23.9 Å². The normalized spacial score (nSPS) is 19.5. The van der Waals surface area contributed by atoms with Crippen molar-refractivity contribution in [2.75, 3.05) is 19.7 Å². The van der Waals surface area contributed by atoms with Crippen LogP contribution in [0.15, 0.2) is 18.3 Å². The molecule has 1 amide bonds. The Balaban J connectivity index is 1.66. The third-order valence-electron chi connectivity index (χ3n) is 5.38. The Morgan fingerprint density at radius 1 is 1.32 bits per heavy atom. The van der Waals surface area contributed by atoms with Gasteiger partial charge in [0.2, 0.25) is 5.91 Å². The van der Waals surface area contributed by atoms with Gasteiger partial charge in [-0.3, -0.25) is 9.78 Å². The van der Waals surface area contributed by atoms with Crippen molar-refractivity contribution in [1.29, 1.82) is 0 Å². The van der Waals surface area contributed by atoms with Crippen LogP contribution < -0.4 is 10.1 Å². The molecule has 0 aliphatic carbocycles. The fourth-order valence-electron chi connectivity index (χ4n) is 3.92. The molecule has 1 aromatic carbocycles. The molecule has 1 saturated heterocycles. The quantitative estimate of drug-likeness (QED) is 0.829. The fourth-order valence-corrected chi connectivity index (χ4v) is 3.92. The molecule has 0 unspecified atom stereocenters. The van der Waals surface area contributed by atoms with Crippen LogP contribution in [0.3, 0.4) is 0 Å². The molecule has 2 aliphatic heterocycles. The number of nitrogens with one attached hydrogen (secondary N) is 1. The third kappa shape index (κ3) is 3.67. The smallest absolute Gasteiger partial charge is 0.240 e. The summed E-state index contributed by atoms with van der Waals surface area (Å²) in [5.41, 5.74) is 3.90. The number of aryl methyl sites for hydroxylation is 2. The number of ether oxygens (including phenoxy) is 1. The van der Waals surface area contributed by atoms with E-state index in [1.807, 2.05) is 24.8 Å². The molecule has 28 heavy (non-hydrogen) atoms. The molecule has 0 bridgehead atoms. The highest BCUT2D eigenvalue weighted by atomic mass is 16.5. The molecule has 2 N–H and O–H groups in total. The highest BCUT2D eigenvalue weighted by molar-refractivity contribution is 5.82. The van der Waals surface area contributed by atoms with Crippen molar-refractivity contribution in [3.8, 4) is 22.8 Å². The number of rotatable bonds is 2. The van der Waals surface area contributed by atoms with Crippen molar-refractivity contribution in [3.05, 3.63) is 35.3 Å². The topological polar surface area (TPSA) is 87.6 Å². The Morgan fingerprint density at radius 2 is 2.18 bits per heavy atom. The molecule has 0 saturated carbocycles. The van der Waals surface area contributed by atoms with Gasteiger partial charge in [0.15, 0.2) is 11.5 Å². The van der Waals surface area contributed by atoms with E-state index in [0.29, 0.717) is 25.4 Å². The summed E-state index contributed by atoms with van der Waals surface area (Å²) >= 11 is 0. The van der Waals surface area contributed by atoms with E-state index in [1.54, 1.807) is 12.3 Å². The molecule has 2 aliphatic rings. The summed E-state index contributed by atoms with van der Waals surface area (Å²) in [6, 6.07) is 3.48. The van der Waals surface area contributed by atoms with Crippen LogP contribution in [-0.4, -0.2) is 51.6 Å². The molecule has 0 radical (unpaired) electrons. The lowest BCUT2D eigenvalue weighted by Gasteiger charge is -2.29. The summed E-state index contributed by atoms with van der Waals surface area (Å²) in [6.07, 6.45) is 4.78. The van der Waals surface area contributed by atoms with Gasteiger partial charge in [-0.15, -0.1) is 0 Å². The molecule has 0 spiro atoms. The third-order valence-corrected chi connectivity index (χ3v) is 5.38. The lowest BCUT2D eigenvalue weighted by Crippen LogP contribution is -2.48. The zero-order valence-corrected chi connectivity index (χ0v) is 16.4. The summed E-state index contributed by atoms with van der Waals surface area (Å²) in [7, 11) is 0. The number of carbonyl (C=O) groups is 1. The minimum atomic E-state index is -0.128. The minimum Gasteiger partial charge on any atom is -0.504 e. The van der Waals surface area contributed by atoms with Crippen LogP contribution in [0.4, 0.5) is 0 Å². The van der Waals surface area contributed by atoms with Crippen molar-refractivity contribution in [3.63, 3.8) is 0 Å². The molecule has 1 fully saturated rings. The highest BCUT2D eigenvalue weighted by Gasteiger charge is 2.29. The monoisotopic (exact) mass is 382 g/mol. The van der Waals surface area contributed by atoms with E-state index < -0.39 is 0 Å². The van der Waals surface area contributed by atoms with Gasteiger partial charge in [-0.05, 0) is 45.4 Å². The maximum Gasteiger partial charge on any atom is 0.240 e. The van der Waals surface area contributed by atoms with Gasteiger partial charge in [0.1, 0.15) is 6.61 Å². The van der Waals surface area contributed by atoms with Crippen LogP contribution in [0.2, 0.25) is 0 Å². The standard InChI is InChI=1S/C21H26N4O3/c1-13-11-23-14(2)19(24-13)15-9-16-12-25(7-8-28-20(16)18(26)10-15)21(27)17-5-3-4-6-22-17/h9-11,17,22,26H,3-8,12H2,1-2H3/t17-/m0/s1. The van der Waals surface area contributed by atoms with E-state index in [9.17, 15) is 9.90 Å². The van der Waals surface area contributed by atoms with Gasteiger partial charge in [-0.25, -0.2) is 4.98 Å². The van der Waals surface area contributed by atoms with E-state index in [1.165, 1.54) is 0 Å². The largest absolute Gasteiger partial charge is 0.504 e. The van der Waals surface area contributed by atoms with Crippen LogP contribution in [0.5, 0.6) is 11.5 Å². The van der Waals surface area contributed by atoms with Gasteiger partial charge < -0.3 is 20.1 Å². The number of carbonyl (C=O) groups excluding carboxylic acids is 1. The Hall–Kier alpha value is -2.67. The molecule has 7 heteroatoms. The first-order chi connectivity index (χ1) is 13.5. The maximum absolute atomic E-state index is 13.0. The van der Waals surface area contributed by atoms with Crippen molar-refractivity contribution in [2.45, 2.75) is 45.7 Å². The fraction of sp³-hybridized carbons (Fsp3) is 0.476. The lowest BCUT2D eigenvalue weighted by atomic mass is 10.0. The second-order valence-corrected chi connectivity index (χ2v) is 7.54. The number of phenols is 1. The van der Waals surface area contributed by atoms with Crippen molar-refractivity contribution in [1.82, 2.24) is 20.2 Å². The zero-order valence-electron chi connectivity index (χ0n) is 16.4. The van der Waals surface area contributed by atoms with Crippen LogP contribution in [0.1, 0.15) is 36.2 Å². The average Bonchev–Trinajstić information content (AvgIpc) is 2.93. The molecule has 3 heterocycles. The summed E-state index contributed by atoms with van der Waals surface area (Å²) in [6.45, 7) is 5.94. The van der Waals surface area contributed by atoms with Crippen molar-refractivity contribution >= 4 is 5.91 Å². The van der Waals surface area contributed by atoms with Crippen LogP contribution in [-0.2, 0) is 11.3 Å². The van der Waals surface area contributed by atoms with Crippen molar-refractivity contribution in [2.24, 2.45) is 0 Å². The molecule has 1 atom stereocenters. The van der Waals surface area contributed by atoms with E-state index in [0.717, 1.165) is 54.0 Å². The second kappa shape index (κ2) is 7.75. The van der Waals surface area contributed by atoms with E-state index >= 15 is 0 Å². The Kier molecular flexibility index (Phi) is 5.17. The number of hydrogen-bond acceptors (Lipinski definition) is 6. The van der Waals surface area contributed by atoms with E-state index in [2.05, 4.69) is 15.3 Å². The highest BCUT2D eigenvalue weighted by Crippen LogP contribution is 2.37. The molecule has 2 aromatic rings. The maximum atomic E-state index is 13.0. The molecule has 1 aromatic heterocycles. The lowest BCUT2D eigenvalue weighted by molar-refractivity contribution is -0.134. The number of aromatic nitrogens is 2. The number of amides is 1. The molecular formula is C21H26N4O3. The zero-order chi connectivity index (χ0) is 19.7. The first-order valence-electron chi connectivity index (χ1n) is 9.84. The van der Waals surface area contributed by atoms with E-state index in [-0.39, 0.29) is 17.7 Å². The predicted octanol–water partition coefficient (Wildman–Crippen LogP) is 2.33. The van der Waals surface area contributed by atoms with Gasteiger partial charge in [0.25, 0.3) is 0 Å². The minimum absolute atomic E-state index is 0.0697. The van der Waals surface area contributed by atoms with Gasteiger partial charge in [-0.2, -0.15) is 0 Å². The first kappa shape index (κ1) is 18.7. The Labute approximate surface area is 164 Å². The SMILES string of the molecule is Cc1cnc(C)c(-c2cc(O)c3c(c2)CN(C(=O)[C@@H]2CCCCN2)CCO3)n1. The first-order valence-corrected chi connectivity index (χ1v) is 9.84. The van der Waals surface area contributed by atoms with Gasteiger partial charge in [0.05, 0.1) is 29.7 Å². The molecule has 148 valence electrons. The summed E-state index contributed by atoms with van der Waals surface area (Å²) < 4.78 is 5.79. The van der Waals surface area contributed by atoms with Crippen LogP contribution in [0, 0.1) is 13.8 Å². The molecule has 4 rings (SSSR count). The number of hydrogen-bond donors (Lipinski definition) is 2. The predicted molar refractivity (Wildman–Crippen MR) is 105 cm³/mol. The van der Waals surface area contributed by atoms with Gasteiger partial charge >= 0.3 is 0 Å². The van der Waals surface area contributed by atoms with Crippen molar-refractivity contribution < 1.29 is 14.6 Å². The summed E-state index contributed by atoms with van der Waals surface area (Å²) in [5, 5.41) is 13.9. The van der Waals surface area contributed by atoms with Crippen LogP contribution >= 0.6 is 0 Å². The Morgan fingerprint density at radius 3 is 2.96 bits per heavy atom. The van der Waals surface area contributed by atoms with E-state index in [4.69, 9.17) is 4.74 Å². The van der Waals surface area contributed by atoms with Gasteiger partial charge in [-0.1, -0.05) is 6.42 Å².